The van der Waals surface area contributed by atoms with Crippen molar-refractivity contribution in [3.05, 3.63) is 53.1 Å². The van der Waals surface area contributed by atoms with Gasteiger partial charge in [0.15, 0.2) is 11.5 Å². The third kappa shape index (κ3) is 2.80. The highest BCUT2D eigenvalue weighted by Crippen LogP contribution is 2.53. The topological polar surface area (TPSA) is 78.9 Å². The first kappa shape index (κ1) is 17.5. The Bertz CT molecular complexity index is 928. The van der Waals surface area contributed by atoms with E-state index in [4.69, 9.17) is 28.4 Å². The van der Waals surface area contributed by atoms with Crippen LogP contribution in [0.5, 0.6) is 17.2 Å². The van der Waals surface area contributed by atoms with Crippen molar-refractivity contribution >= 4 is 0 Å². The smallest absolute Gasteiger partial charge is 0.231 e. The highest BCUT2D eigenvalue weighted by atomic mass is 16.7. The molecule has 3 aliphatic heterocycles. The van der Waals surface area contributed by atoms with E-state index in [0.29, 0.717) is 13.2 Å². The number of rotatable bonds is 4. The largest absolute Gasteiger partial charge is 0.497 e. The average molecular weight is 398 g/mol. The molecule has 0 unspecified atom stereocenters. The van der Waals surface area contributed by atoms with Gasteiger partial charge in [0.25, 0.3) is 0 Å². The van der Waals surface area contributed by atoms with Crippen molar-refractivity contribution in [2.75, 3.05) is 13.9 Å². The van der Waals surface area contributed by atoms with Gasteiger partial charge in [0.05, 0.1) is 32.5 Å². The first-order valence-corrected chi connectivity index (χ1v) is 9.85. The Morgan fingerprint density at radius 3 is 2.62 bits per heavy atom. The monoisotopic (exact) mass is 398 g/mol. The Morgan fingerprint density at radius 1 is 1.03 bits per heavy atom. The Hall–Kier alpha value is -2.32. The van der Waals surface area contributed by atoms with Crippen LogP contribution < -0.4 is 14.2 Å². The molecule has 0 aromatic heterocycles. The van der Waals surface area contributed by atoms with Gasteiger partial charge in [0.1, 0.15) is 24.1 Å². The molecular weight excluding hydrogens is 376 g/mol. The molecule has 7 nitrogen and oxygen atoms in total. The lowest BCUT2D eigenvalue weighted by Crippen LogP contribution is -2.53. The van der Waals surface area contributed by atoms with E-state index in [0.717, 1.165) is 33.9 Å². The number of aliphatic hydroxyl groups is 1. The summed E-state index contributed by atoms with van der Waals surface area (Å²) in [5.74, 6) is 2.31. The molecule has 152 valence electrons. The normalized spacial score (nSPS) is 33.4. The van der Waals surface area contributed by atoms with E-state index in [1.165, 1.54) is 0 Å². The number of epoxide rings is 1. The van der Waals surface area contributed by atoms with Crippen LogP contribution >= 0.6 is 0 Å². The predicted molar refractivity (Wildman–Crippen MR) is 100 cm³/mol. The van der Waals surface area contributed by atoms with E-state index in [2.05, 4.69) is 0 Å². The molecule has 7 heteroatoms. The fourth-order valence-corrected chi connectivity index (χ4v) is 4.75. The minimum Gasteiger partial charge on any atom is -0.497 e. The summed E-state index contributed by atoms with van der Waals surface area (Å²) in [6, 6.07) is 11.7. The van der Waals surface area contributed by atoms with Gasteiger partial charge in [0.2, 0.25) is 6.79 Å². The van der Waals surface area contributed by atoms with Gasteiger partial charge in [-0.05, 0) is 41.0 Å². The molecule has 1 saturated carbocycles. The summed E-state index contributed by atoms with van der Waals surface area (Å²) in [6.45, 7) is 1.06. The number of fused-ring (bicyclic) bond motifs is 6. The molecule has 0 amide bonds. The number of benzene rings is 2. The van der Waals surface area contributed by atoms with Crippen molar-refractivity contribution in [3.63, 3.8) is 0 Å². The van der Waals surface area contributed by atoms with Crippen LogP contribution in [-0.4, -0.2) is 49.5 Å². The molecule has 1 saturated heterocycles. The van der Waals surface area contributed by atoms with Gasteiger partial charge in [-0.3, -0.25) is 0 Å². The molecule has 2 fully saturated rings. The van der Waals surface area contributed by atoms with Crippen molar-refractivity contribution in [1.82, 2.24) is 0 Å². The van der Waals surface area contributed by atoms with Crippen LogP contribution in [0.3, 0.4) is 0 Å². The highest BCUT2D eigenvalue weighted by Gasteiger charge is 2.63. The molecule has 3 heterocycles. The average Bonchev–Trinajstić information content (AvgIpc) is 3.43. The summed E-state index contributed by atoms with van der Waals surface area (Å²) < 4.78 is 34.5. The van der Waals surface area contributed by atoms with E-state index in [1.54, 1.807) is 7.11 Å². The van der Waals surface area contributed by atoms with Crippen molar-refractivity contribution in [1.29, 1.82) is 0 Å². The number of hydrogen-bond donors (Lipinski definition) is 1. The van der Waals surface area contributed by atoms with Gasteiger partial charge in [-0.1, -0.05) is 12.1 Å². The summed E-state index contributed by atoms with van der Waals surface area (Å²) in [5, 5.41) is 10.8. The molecule has 0 bridgehead atoms. The van der Waals surface area contributed by atoms with E-state index in [-0.39, 0.29) is 31.0 Å². The van der Waals surface area contributed by atoms with Gasteiger partial charge in [-0.2, -0.15) is 0 Å². The van der Waals surface area contributed by atoms with Crippen LogP contribution in [0.15, 0.2) is 36.4 Å². The Balaban J connectivity index is 1.26. The van der Waals surface area contributed by atoms with Gasteiger partial charge < -0.3 is 33.5 Å². The second-order valence-electron chi connectivity index (χ2n) is 7.89. The highest BCUT2D eigenvalue weighted by molar-refractivity contribution is 5.51. The molecule has 29 heavy (non-hydrogen) atoms. The second kappa shape index (κ2) is 6.60. The van der Waals surface area contributed by atoms with E-state index in [9.17, 15) is 5.11 Å². The second-order valence-corrected chi connectivity index (χ2v) is 7.89. The lowest BCUT2D eigenvalue weighted by Gasteiger charge is -2.42. The molecule has 4 aliphatic rings. The van der Waals surface area contributed by atoms with Crippen molar-refractivity contribution < 1.29 is 33.5 Å². The predicted octanol–water partition coefficient (Wildman–Crippen LogP) is 2.13. The van der Waals surface area contributed by atoms with E-state index < -0.39 is 12.2 Å². The molecular formula is C22H22O7. The zero-order valence-electron chi connectivity index (χ0n) is 15.9. The first-order chi connectivity index (χ1) is 14.2. The third-order valence-electron chi connectivity index (χ3n) is 6.29. The Morgan fingerprint density at radius 2 is 1.83 bits per heavy atom. The number of hydrogen-bond acceptors (Lipinski definition) is 7. The SMILES string of the molecule is COc1ccc(CO[C@@H]2[C@@H](O)[C@H]3O[C@H]3[C@H]3c4cc5c(cc4CO[C@@H]23)OCO5)cc1. The van der Waals surface area contributed by atoms with Crippen LogP contribution in [0.1, 0.15) is 22.6 Å². The summed E-state index contributed by atoms with van der Waals surface area (Å²) in [5.41, 5.74) is 3.23. The number of aliphatic hydroxyl groups excluding tert-OH is 1. The number of ether oxygens (including phenoxy) is 6. The van der Waals surface area contributed by atoms with Gasteiger partial charge in [-0.15, -0.1) is 0 Å². The molecule has 1 aliphatic carbocycles. The van der Waals surface area contributed by atoms with E-state index in [1.807, 2.05) is 36.4 Å². The fraction of sp³-hybridized carbons (Fsp3) is 0.455. The maximum absolute atomic E-state index is 10.8. The summed E-state index contributed by atoms with van der Waals surface area (Å²) in [6.07, 6.45) is -1.74. The third-order valence-corrected chi connectivity index (χ3v) is 6.29. The fourth-order valence-electron chi connectivity index (χ4n) is 4.75. The molecule has 6 atom stereocenters. The van der Waals surface area contributed by atoms with Crippen molar-refractivity contribution in [3.8, 4) is 17.2 Å². The lowest BCUT2D eigenvalue weighted by molar-refractivity contribution is -0.156. The standard InChI is InChI=1S/C22H22O7/c1-24-13-4-2-11(3-5-13)8-25-21-18(23)22-20(29-22)17-14-7-16-15(27-10-28-16)6-12(14)9-26-19(17)21/h2-7,17-23H,8-10H2,1H3/t17-,18+,19+,20-,21+,22+/m0/s1. The summed E-state index contributed by atoms with van der Waals surface area (Å²) in [7, 11) is 1.64. The van der Waals surface area contributed by atoms with Crippen LogP contribution in [0.25, 0.3) is 0 Å². The van der Waals surface area contributed by atoms with Gasteiger partial charge >= 0.3 is 0 Å². The lowest BCUT2D eigenvalue weighted by atomic mass is 9.75. The molecule has 2 aromatic rings. The first-order valence-electron chi connectivity index (χ1n) is 9.85. The van der Waals surface area contributed by atoms with Crippen molar-refractivity contribution in [2.24, 2.45) is 0 Å². The van der Waals surface area contributed by atoms with Gasteiger partial charge in [-0.25, -0.2) is 0 Å². The molecule has 0 spiro atoms. The quantitative estimate of drug-likeness (QED) is 0.791. The molecule has 2 aromatic carbocycles. The Labute approximate surface area is 168 Å². The van der Waals surface area contributed by atoms with Crippen LogP contribution in [0.4, 0.5) is 0 Å². The van der Waals surface area contributed by atoms with E-state index >= 15 is 0 Å². The molecule has 1 N–H and O–H groups in total. The summed E-state index contributed by atoms with van der Waals surface area (Å²) in [4.78, 5) is 0. The number of methoxy groups -OCH3 is 1. The summed E-state index contributed by atoms with van der Waals surface area (Å²) >= 11 is 0. The molecule has 0 radical (unpaired) electrons. The Kier molecular flexibility index (Phi) is 3.99. The minimum absolute atomic E-state index is 0.00233. The van der Waals surface area contributed by atoms with Crippen LogP contribution in [0, 0.1) is 0 Å². The maximum Gasteiger partial charge on any atom is 0.231 e. The van der Waals surface area contributed by atoms with Crippen LogP contribution in [-0.2, 0) is 27.4 Å². The zero-order valence-corrected chi connectivity index (χ0v) is 15.9. The van der Waals surface area contributed by atoms with Gasteiger partial charge in [0, 0.05) is 5.92 Å². The van der Waals surface area contributed by atoms with Crippen molar-refractivity contribution in [2.45, 2.75) is 49.7 Å². The zero-order chi connectivity index (χ0) is 19.5. The minimum atomic E-state index is -0.713. The maximum atomic E-state index is 10.8. The van der Waals surface area contributed by atoms with Crippen LogP contribution in [0.2, 0.25) is 0 Å². The molecule has 6 rings (SSSR count).